The number of hydrogen-bond donors (Lipinski definition) is 0. The molecule has 88 valence electrons. The highest BCUT2D eigenvalue weighted by Crippen LogP contribution is 2.28. The number of nitro groups is 1. The fourth-order valence-electron chi connectivity index (χ4n) is 1.15. The van der Waals surface area contributed by atoms with Gasteiger partial charge in [0.1, 0.15) is 0 Å². The fourth-order valence-corrected chi connectivity index (χ4v) is 1.15. The van der Waals surface area contributed by atoms with Crippen LogP contribution in [0.4, 0.5) is 11.4 Å². The van der Waals surface area contributed by atoms with Crippen molar-refractivity contribution < 1.29 is 19.2 Å². The number of nitro benzene ring substituents is 1. The van der Waals surface area contributed by atoms with E-state index in [9.17, 15) is 19.7 Å². The summed E-state index contributed by atoms with van der Waals surface area (Å²) >= 11 is 0. The first-order chi connectivity index (χ1) is 8.10. The number of nitrogens with zero attached hydrogens (tertiary/aromatic N) is 2. The van der Waals surface area contributed by atoms with E-state index in [2.05, 4.69) is 4.99 Å². The zero-order valence-corrected chi connectivity index (χ0v) is 8.87. The predicted molar refractivity (Wildman–Crippen MR) is 56.8 cm³/mol. The zero-order chi connectivity index (χ0) is 12.8. The Morgan fingerprint density at radius 2 is 2.29 bits per heavy atom. The topological polar surface area (TPSA) is 98.9 Å². The maximum Gasteiger partial charge on any atom is 0.338 e. The molecule has 1 rings (SSSR count). The molecule has 0 radical (unpaired) electrons. The molecule has 0 atom stereocenters. The van der Waals surface area contributed by atoms with E-state index in [1.807, 2.05) is 0 Å². The summed E-state index contributed by atoms with van der Waals surface area (Å²) < 4.78 is 4.69. The van der Waals surface area contributed by atoms with Gasteiger partial charge >= 0.3 is 5.97 Å². The number of esters is 1. The summed E-state index contributed by atoms with van der Waals surface area (Å²) in [7, 11) is 0. The third-order valence-electron chi connectivity index (χ3n) is 1.85. The van der Waals surface area contributed by atoms with E-state index in [4.69, 9.17) is 4.74 Å². The lowest BCUT2D eigenvalue weighted by Gasteiger charge is -2.02. The molecule has 0 aliphatic rings. The van der Waals surface area contributed by atoms with Crippen molar-refractivity contribution in [2.24, 2.45) is 4.99 Å². The lowest BCUT2D eigenvalue weighted by atomic mass is 10.2. The summed E-state index contributed by atoms with van der Waals surface area (Å²) in [5.74, 6) is -0.669. The van der Waals surface area contributed by atoms with Crippen LogP contribution >= 0.6 is 0 Å². The van der Waals surface area contributed by atoms with Gasteiger partial charge in [0.15, 0.2) is 5.69 Å². The molecule has 0 saturated heterocycles. The van der Waals surface area contributed by atoms with E-state index in [1.165, 1.54) is 18.2 Å². The molecule has 0 aliphatic heterocycles. The van der Waals surface area contributed by atoms with Gasteiger partial charge in [-0.1, -0.05) is 0 Å². The molecule has 1 aromatic rings. The van der Waals surface area contributed by atoms with Gasteiger partial charge in [0, 0.05) is 6.07 Å². The van der Waals surface area contributed by atoms with Gasteiger partial charge in [0.2, 0.25) is 6.08 Å². The smallest absolute Gasteiger partial charge is 0.338 e. The van der Waals surface area contributed by atoms with E-state index < -0.39 is 16.6 Å². The zero-order valence-electron chi connectivity index (χ0n) is 8.87. The van der Waals surface area contributed by atoms with Gasteiger partial charge < -0.3 is 4.74 Å². The number of hydrogen-bond acceptors (Lipinski definition) is 6. The van der Waals surface area contributed by atoms with Crippen LogP contribution in [0.2, 0.25) is 0 Å². The third-order valence-corrected chi connectivity index (χ3v) is 1.85. The molecule has 0 heterocycles. The highest BCUT2D eigenvalue weighted by Gasteiger charge is 2.17. The second-order valence-corrected chi connectivity index (χ2v) is 2.88. The Morgan fingerprint density at radius 1 is 1.59 bits per heavy atom. The standard InChI is InChI=1S/C10H8N2O5/c1-2-17-10(14)7-3-4-8(11-6-13)9(5-7)12(15)16/h3-5H,2H2,1H3. The van der Waals surface area contributed by atoms with Crippen LogP contribution in [0.25, 0.3) is 0 Å². The molecule has 0 unspecified atom stereocenters. The molecule has 0 N–H and O–H groups in total. The van der Waals surface area contributed by atoms with E-state index in [0.717, 1.165) is 6.07 Å². The van der Waals surface area contributed by atoms with Crippen LogP contribution in [0.3, 0.4) is 0 Å². The third kappa shape index (κ3) is 2.96. The normalized spacial score (nSPS) is 9.24. The number of aliphatic imine (C=N–C) groups is 1. The van der Waals surface area contributed by atoms with Gasteiger partial charge in [0.25, 0.3) is 5.69 Å². The lowest BCUT2D eigenvalue weighted by Crippen LogP contribution is -2.05. The van der Waals surface area contributed by atoms with Crippen LogP contribution in [-0.2, 0) is 9.53 Å². The Morgan fingerprint density at radius 3 is 2.82 bits per heavy atom. The molecule has 0 amide bonds. The maximum atomic E-state index is 11.3. The number of ether oxygens (including phenoxy) is 1. The summed E-state index contributed by atoms with van der Waals surface area (Å²) in [5.41, 5.74) is -0.569. The first-order valence-corrected chi connectivity index (χ1v) is 4.63. The van der Waals surface area contributed by atoms with Crippen molar-refractivity contribution in [3.63, 3.8) is 0 Å². The molecule has 1 aromatic carbocycles. The van der Waals surface area contributed by atoms with Gasteiger partial charge in [-0.3, -0.25) is 10.1 Å². The summed E-state index contributed by atoms with van der Waals surface area (Å²) in [6, 6.07) is 3.49. The molecule has 0 saturated carbocycles. The van der Waals surface area contributed by atoms with Crippen molar-refractivity contribution in [1.29, 1.82) is 0 Å². The Labute approximate surface area is 95.9 Å². The number of carbonyl (C=O) groups excluding carboxylic acids is 2. The van der Waals surface area contributed by atoms with Gasteiger partial charge in [0.05, 0.1) is 17.1 Å². The van der Waals surface area contributed by atoms with Crippen LogP contribution in [0.5, 0.6) is 0 Å². The summed E-state index contributed by atoms with van der Waals surface area (Å²) in [6.45, 7) is 1.79. The molecule has 0 bridgehead atoms. The van der Waals surface area contributed by atoms with Gasteiger partial charge in [-0.05, 0) is 19.1 Å². The largest absolute Gasteiger partial charge is 0.462 e. The first-order valence-electron chi connectivity index (χ1n) is 4.63. The fraction of sp³-hybridized carbons (Fsp3) is 0.200. The van der Waals surface area contributed by atoms with Crippen molar-refractivity contribution in [2.45, 2.75) is 6.92 Å². The van der Waals surface area contributed by atoms with Crippen molar-refractivity contribution >= 4 is 23.4 Å². The Hall–Kier alpha value is -2.53. The second kappa shape index (κ2) is 5.53. The Balaban J connectivity index is 3.23. The maximum absolute atomic E-state index is 11.3. The molecule has 0 fully saturated rings. The molecule has 0 aromatic heterocycles. The average Bonchev–Trinajstić information content (AvgIpc) is 2.30. The summed E-state index contributed by atoms with van der Waals surface area (Å²) in [6.07, 6.45) is 1.21. The average molecular weight is 236 g/mol. The quantitative estimate of drug-likeness (QED) is 0.260. The number of rotatable bonds is 4. The van der Waals surface area contributed by atoms with Crippen molar-refractivity contribution in [3.8, 4) is 0 Å². The molecule has 0 aliphatic carbocycles. The lowest BCUT2D eigenvalue weighted by molar-refractivity contribution is -0.384. The van der Waals surface area contributed by atoms with Crippen LogP contribution < -0.4 is 0 Å². The molecule has 0 spiro atoms. The van der Waals surface area contributed by atoms with Gasteiger partial charge in [-0.2, -0.15) is 4.99 Å². The Kier molecular flexibility index (Phi) is 4.08. The number of isocyanates is 1. The van der Waals surface area contributed by atoms with Crippen LogP contribution in [-0.4, -0.2) is 23.6 Å². The second-order valence-electron chi connectivity index (χ2n) is 2.88. The minimum absolute atomic E-state index is 0.0309. The summed E-state index contributed by atoms with van der Waals surface area (Å²) in [4.78, 5) is 34.5. The molecular weight excluding hydrogens is 228 g/mol. The Bertz CT molecular complexity index is 505. The van der Waals surface area contributed by atoms with Gasteiger partial charge in [-0.25, -0.2) is 9.59 Å². The van der Waals surface area contributed by atoms with E-state index in [1.54, 1.807) is 6.92 Å². The summed E-state index contributed by atoms with van der Waals surface area (Å²) in [5, 5.41) is 10.7. The van der Waals surface area contributed by atoms with Crippen LogP contribution in [0, 0.1) is 10.1 Å². The highest BCUT2D eigenvalue weighted by molar-refractivity contribution is 5.91. The van der Waals surface area contributed by atoms with Crippen LogP contribution in [0.15, 0.2) is 23.2 Å². The van der Waals surface area contributed by atoms with E-state index >= 15 is 0 Å². The molecule has 7 heteroatoms. The minimum atomic E-state index is -0.737. The molecule has 7 nitrogen and oxygen atoms in total. The predicted octanol–water partition coefficient (Wildman–Crippen LogP) is 1.74. The highest BCUT2D eigenvalue weighted by atomic mass is 16.6. The van der Waals surface area contributed by atoms with Crippen molar-refractivity contribution in [2.75, 3.05) is 6.61 Å². The van der Waals surface area contributed by atoms with Gasteiger partial charge in [-0.15, -0.1) is 0 Å². The number of benzene rings is 1. The molecule has 17 heavy (non-hydrogen) atoms. The first kappa shape index (κ1) is 12.5. The monoisotopic (exact) mass is 236 g/mol. The van der Waals surface area contributed by atoms with Crippen molar-refractivity contribution in [3.05, 3.63) is 33.9 Å². The van der Waals surface area contributed by atoms with E-state index in [0.29, 0.717) is 0 Å². The van der Waals surface area contributed by atoms with Crippen molar-refractivity contribution in [1.82, 2.24) is 0 Å². The van der Waals surface area contributed by atoms with E-state index in [-0.39, 0.29) is 17.9 Å². The SMILES string of the molecule is CCOC(=O)c1ccc(N=C=O)c([N+](=O)[O-])c1. The number of carbonyl (C=O) groups is 1. The molecular formula is C10H8N2O5. The van der Waals surface area contributed by atoms with Crippen LogP contribution in [0.1, 0.15) is 17.3 Å². The minimum Gasteiger partial charge on any atom is -0.462 e.